The second kappa shape index (κ2) is 15.5. The normalized spacial score (nSPS) is 11.5. The number of rotatable bonds is 15. The predicted octanol–water partition coefficient (Wildman–Crippen LogP) is 7.84. The lowest BCUT2D eigenvalue weighted by atomic mass is 10.0. The van der Waals surface area contributed by atoms with Gasteiger partial charge in [-0.15, -0.1) is 0 Å². The zero-order valence-corrected chi connectivity index (χ0v) is 23.1. The first kappa shape index (κ1) is 29.6. The largest absolute Gasteiger partial charge is 0.494 e. The van der Waals surface area contributed by atoms with E-state index in [9.17, 15) is 14.4 Å². The second-order valence-corrected chi connectivity index (χ2v) is 9.52. The standard InChI is InChI=1S/C33H38O6/c1-4-6-8-9-23-37-29-19-15-26(16-20-29)25-11-13-28(14-12-25)33(36)39-30-21-17-27(18-22-30)32(35)24(3)38-31(34)10-7-5-2/h11-22,24H,4-10,23H2,1-3H3. The van der Waals surface area contributed by atoms with Gasteiger partial charge < -0.3 is 14.2 Å². The van der Waals surface area contributed by atoms with E-state index < -0.39 is 12.1 Å². The minimum absolute atomic E-state index is 0.296. The van der Waals surface area contributed by atoms with E-state index in [0.717, 1.165) is 42.7 Å². The summed E-state index contributed by atoms with van der Waals surface area (Å²) in [5.74, 6) is -0.0110. The molecule has 0 bridgehead atoms. The zero-order valence-electron chi connectivity index (χ0n) is 23.1. The fourth-order valence-electron chi connectivity index (χ4n) is 3.98. The number of unbranched alkanes of at least 4 members (excludes halogenated alkanes) is 4. The lowest BCUT2D eigenvalue weighted by Gasteiger charge is -2.12. The Labute approximate surface area is 231 Å². The van der Waals surface area contributed by atoms with Crippen LogP contribution >= 0.6 is 0 Å². The SMILES string of the molecule is CCCCCCOc1ccc(-c2ccc(C(=O)Oc3ccc(C(=O)C(C)OC(=O)CCCC)cc3)cc2)cc1. The van der Waals surface area contributed by atoms with E-state index in [1.54, 1.807) is 43.3 Å². The quantitative estimate of drug-likeness (QED) is 0.0862. The Balaban J connectivity index is 1.52. The molecule has 0 radical (unpaired) electrons. The number of benzene rings is 3. The van der Waals surface area contributed by atoms with Crippen LogP contribution in [-0.2, 0) is 9.53 Å². The monoisotopic (exact) mass is 530 g/mol. The highest BCUT2D eigenvalue weighted by Crippen LogP contribution is 2.24. The summed E-state index contributed by atoms with van der Waals surface area (Å²) in [6.45, 7) is 6.46. The minimum atomic E-state index is -0.874. The van der Waals surface area contributed by atoms with Crippen LogP contribution in [0.4, 0.5) is 0 Å². The van der Waals surface area contributed by atoms with Crippen LogP contribution in [0.3, 0.4) is 0 Å². The second-order valence-electron chi connectivity index (χ2n) is 9.52. The number of carbonyl (C=O) groups excluding carboxylic acids is 3. The van der Waals surface area contributed by atoms with Crippen molar-refractivity contribution in [2.45, 2.75) is 71.8 Å². The lowest BCUT2D eigenvalue weighted by Crippen LogP contribution is -2.24. The van der Waals surface area contributed by atoms with E-state index in [1.807, 2.05) is 43.3 Å². The number of ether oxygens (including phenoxy) is 3. The molecule has 1 unspecified atom stereocenters. The van der Waals surface area contributed by atoms with Gasteiger partial charge in [-0.05, 0) is 79.4 Å². The molecular formula is C33H38O6. The number of carbonyl (C=O) groups is 3. The van der Waals surface area contributed by atoms with Crippen molar-refractivity contribution >= 4 is 17.7 Å². The van der Waals surface area contributed by atoms with Gasteiger partial charge in [0.1, 0.15) is 11.5 Å². The highest BCUT2D eigenvalue weighted by atomic mass is 16.5. The van der Waals surface area contributed by atoms with Gasteiger partial charge in [-0.25, -0.2) is 4.79 Å². The highest BCUT2D eigenvalue weighted by molar-refractivity contribution is 6.00. The van der Waals surface area contributed by atoms with Crippen molar-refractivity contribution < 1.29 is 28.6 Å². The van der Waals surface area contributed by atoms with E-state index >= 15 is 0 Å². The van der Waals surface area contributed by atoms with Crippen molar-refractivity contribution in [2.24, 2.45) is 0 Å². The average Bonchev–Trinajstić information content (AvgIpc) is 2.96. The van der Waals surface area contributed by atoms with Crippen LogP contribution in [0.1, 0.15) is 86.4 Å². The summed E-state index contributed by atoms with van der Waals surface area (Å²) in [6, 6.07) is 21.4. The molecule has 0 saturated carbocycles. The third kappa shape index (κ3) is 9.40. The van der Waals surface area contributed by atoms with Gasteiger partial charge in [-0.1, -0.05) is 63.8 Å². The van der Waals surface area contributed by atoms with Gasteiger partial charge in [0.05, 0.1) is 12.2 Å². The summed E-state index contributed by atoms with van der Waals surface area (Å²) in [5.41, 5.74) is 2.80. The van der Waals surface area contributed by atoms with Crippen LogP contribution in [0.5, 0.6) is 11.5 Å². The summed E-state index contributed by atoms with van der Waals surface area (Å²) in [7, 11) is 0. The van der Waals surface area contributed by atoms with Crippen LogP contribution in [0.25, 0.3) is 11.1 Å². The van der Waals surface area contributed by atoms with Gasteiger partial charge in [-0.2, -0.15) is 0 Å². The third-order valence-electron chi connectivity index (χ3n) is 6.34. The van der Waals surface area contributed by atoms with Crippen LogP contribution in [0.15, 0.2) is 72.8 Å². The lowest BCUT2D eigenvalue weighted by molar-refractivity contribution is -0.146. The Bertz CT molecular complexity index is 1200. The summed E-state index contributed by atoms with van der Waals surface area (Å²) in [6.07, 6.45) is 5.72. The smallest absolute Gasteiger partial charge is 0.343 e. The van der Waals surface area contributed by atoms with E-state index in [4.69, 9.17) is 14.2 Å². The van der Waals surface area contributed by atoms with Crippen LogP contribution in [-0.4, -0.2) is 30.4 Å². The first-order chi connectivity index (χ1) is 18.9. The minimum Gasteiger partial charge on any atom is -0.494 e. The fourth-order valence-corrected chi connectivity index (χ4v) is 3.98. The third-order valence-corrected chi connectivity index (χ3v) is 6.34. The highest BCUT2D eigenvalue weighted by Gasteiger charge is 2.19. The van der Waals surface area contributed by atoms with Crippen molar-refractivity contribution in [1.29, 1.82) is 0 Å². The van der Waals surface area contributed by atoms with E-state index in [0.29, 0.717) is 23.3 Å². The Morgan fingerprint density at radius 1 is 0.667 bits per heavy atom. The molecule has 0 N–H and O–H groups in total. The van der Waals surface area contributed by atoms with E-state index in [-0.39, 0.29) is 11.8 Å². The van der Waals surface area contributed by atoms with Crippen molar-refractivity contribution in [3.05, 3.63) is 83.9 Å². The molecule has 6 nitrogen and oxygen atoms in total. The average molecular weight is 531 g/mol. The molecule has 0 aromatic heterocycles. The van der Waals surface area contributed by atoms with Gasteiger partial charge in [0.2, 0.25) is 5.78 Å². The van der Waals surface area contributed by atoms with Crippen molar-refractivity contribution in [3.63, 3.8) is 0 Å². The Morgan fingerprint density at radius 3 is 1.85 bits per heavy atom. The maximum absolute atomic E-state index is 12.6. The first-order valence-corrected chi connectivity index (χ1v) is 13.8. The molecular weight excluding hydrogens is 492 g/mol. The summed E-state index contributed by atoms with van der Waals surface area (Å²) in [5, 5.41) is 0. The van der Waals surface area contributed by atoms with E-state index in [1.165, 1.54) is 19.3 Å². The van der Waals surface area contributed by atoms with Crippen LogP contribution < -0.4 is 9.47 Å². The van der Waals surface area contributed by atoms with Gasteiger partial charge in [-0.3, -0.25) is 9.59 Å². The molecule has 3 aromatic carbocycles. The first-order valence-electron chi connectivity index (χ1n) is 13.8. The number of hydrogen-bond donors (Lipinski definition) is 0. The zero-order chi connectivity index (χ0) is 28.0. The Morgan fingerprint density at radius 2 is 1.23 bits per heavy atom. The predicted molar refractivity (Wildman–Crippen MR) is 152 cm³/mol. The Hall–Kier alpha value is -3.93. The molecule has 3 rings (SSSR count). The maximum Gasteiger partial charge on any atom is 0.343 e. The molecule has 0 aliphatic rings. The van der Waals surface area contributed by atoms with E-state index in [2.05, 4.69) is 6.92 Å². The molecule has 206 valence electrons. The molecule has 0 fully saturated rings. The summed E-state index contributed by atoms with van der Waals surface area (Å²) < 4.78 is 16.5. The molecule has 0 amide bonds. The Kier molecular flexibility index (Phi) is 11.8. The maximum atomic E-state index is 12.6. The molecule has 6 heteroatoms. The summed E-state index contributed by atoms with van der Waals surface area (Å²) >= 11 is 0. The molecule has 1 atom stereocenters. The molecule has 0 aliphatic carbocycles. The molecule has 0 saturated heterocycles. The van der Waals surface area contributed by atoms with Gasteiger partial charge in [0, 0.05) is 12.0 Å². The van der Waals surface area contributed by atoms with Gasteiger partial charge in [0.25, 0.3) is 0 Å². The van der Waals surface area contributed by atoms with Crippen molar-refractivity contribution in [1.82, 2.24) is 0 Å². The van der Waals surface area contributed by atoms with Gasteiger partial charge >= 0.3 is 11.9 Å². The van der Waals surface area contributed by atoms with Crippen LogP contribution in [0.2, 0.25) is 0 Å². The molecule has 39 heavy (non-hydrogen) atoms. The number of ketones is 1. The van der Waals surface area contributed by atoms with Crippen LogP contribution in [0, 0.1) is 0 Å². The van der Waals surface area contributed by atoms with Crippen molar-refractivity contribution in [2.75, 3.05) is 6.61 Å². The molecule has 0 spiro atoms. The number of hydrogen-bond acceptors (Lipinski definition) is 6. The topological polar surface area (TPSA) is 78.9 Å². The number of esters is 2. The van der Waals surface area contributed by atoms with Crippen molar-refractivity contribution in [3.8, 4) is 22.6 Å². The number of Topliss-reactive ketones (excluding diaryl/α,β-unsaturated/α-hetero) is 1. The summed E-state index contributed by atoms with van der Waals surface area (Å²) in [4.78, 5) is 37.0. The van der Waals surface area contributed by atoms with Gasteiger partial charge in [0.15, 0.2) is 6.10 Å². The molecule has 0 aliphatic heterocycles. The molecule has 0 heterocycles. The fraction of sp³-hybridized carbons (Fsp3) is 0.364. The molecule has 3 aromatic rings.